The monoisotopic (exact) mass is 441 g/mol. The third-order valence-corrected chi connectivity index (χ3v) is 6.04. The summed E-state index contributed by atoms with van der Waals surface area (Å²) >= 11 is 0. The molecule has 0 atom stereocenters. The van der Waals surface area contributed by atoms with Gasteiger partial charge < -0.3 is 19.9 Å². The summed E-state index contributed by atoms with van der Waals surface area (Å²) in [6.45, 7) is 4.19. The van der Waals surface area contributed by atoms with Crippen LogP contribution in [0.25, 0.3) is 0 Å². The van der Waals surface area contributed by atoms with Crippen molar-refractivity contribution in [2.75, 3.05) is 51.2 Å². The molecule has 0 saturated carbocycles. The van der Waals surface area contributed by atoms with E-state index in [4.69, 9.17) is 19.9 Å². The van der Waals surface area contributed by atoms with Crippen molar-refractivity contribution in [2.24, 2.45) is 0 Å². The van der Waals surface area contributed by atoms with Crippen LogP contribution in [-0.2, 0) is 33.8 Å². The van der Waals surface area contributed by atoms with E-state index in [1.54, 1.807) is 19.1 Å². The van der Waals surface area contributed by atoms with Crippen molar-refractivity contribution in [1.29, 1.82) is 0 Å². The normalized spacial score (nSPS) is 17.1. The standard InChI is InChI=1S/C23H31N5O4/c1-30-11-12-32-23-25-21(24)19-13-20(29)28(22(19)26-23)15-17-5-3-16(4-6-17)14-27-9-7-18(31-2)8-10-27/h3-6,18H,7-15H2,1-2H3,(H2,24,25,26). The zero-order valence-corrected chi connectivity index (χ0v) is 18.7. The fourth-order valence-electron chi connectivity index (χ4n) is 4.16. The molecule has 2 N–H and O–H groups in total. The summed E-state index contributed by atoms with van der Waals surface area (Å²) < 4.78 is 15.9. The molecular formula is C23H31N5O4. The van der Waals surface area contributed by atoms with E-state index in [2.05, 4.69) is 39.1 Å². The van der Waals surface area contributed by atoms with Crippen LogP contribution >= 0.6 is 0 Å². The van der Waals surface area contributed by atoms with Crippen LogP contribution in [0, 0.1) is 0 Å². The van der Waals surface area contributed by atoms with Gasteiger partial charge in [-0.05, 0) is 24.0 Å². The highest BCUT2D eigenvalue weighted by molar-refractivity contribution is 6.01. The summed E-state index contributed by atoms with van der Waals surface area (Å²) in [5, 5.41) is 0. The van der Waals surface area contributed by atoms with Crippen LogP contribution in [0.2, 0.25) is 0 Å². The van der Waals surface area contributed by atoms with Gasteiger partial charge in [0.1, 0.15) is 18.2 Å². The van der Waals surface area contributed by atoms with E-state index in [1.165, 1.54) is 5.56 Å². The highest BCUT2D eigenvalue weighted by Gasteiger charge is 2.32. The first-order valence-corrected chi connectivity index (χ1v) is 11.0. The Morgan fingerprint density at radius 1 is 1.03 bits per heavy atom. The summed E-state index contributed by atoms with van der Waals surface area (Å²) in [5.74, 6) is 0.769. The minimum Gasteiger partial charge on any atom is -0.461 e. The SMILES string of the molecule is COCCOc1nc(N)c2c(n1)N(Cc1ccc(CN3CCC(OC)CC3)cc1)C(=O)C2. The van der Waals surface area contributed by atoms with Gasteiger partial charge in [0.25, 0.3) is 0 Å². The van der Waals surface area contributed by atoms with Crippen molar-refractivity contribution in [2.45, 2.75) is 38.5 Å². The molecule has 0 radical (unpaired) electrons. The van der Waals surface area contributed by atoms with E-state index in [-0.39, 0.29) is 24.2 Å². The smallest absolute Gasteiger partial charge is 0.320 e. The van der Waals surface area contributed by atoms with Gasteiger partial charge in [0.15, 0.2) is 0 Å². The third kappa shape index (κ3) is 5.17. The molecule has 1 aromatic heterocycles. The zero-order valence-electron chi connectivity index (χ0n) is 18.7. The van der Waals surface area contributed by atoms with Crippen molar-refractivity contribution < 1.29 is 19.0 Å². The molecule has 2 aliphatic heterocycles. The number of fused-ring (bicyclic) bond motifs is 1. The number of carbonyl (C=O) groups excluding carboxylic acids is 1. The number of likely N-dealkylation sites (tertiary alicyclic amines) is 1. The van der Waals surface area contributed by atoms with E-state index in [9.17, 15) is 4.79 Å². The quantitative estimate of drug-likeness (QED) is 0.588. The molecule has 4 rings (SSSR count). The lowest BCUT2D eigenvalue weighted by Gasteiger charge is -2.31. The van der Waals surface area contributed by atoms with Crippen molar-refractivity contribution >= 4 is 17.5 Å². The first-order valence-electron chi connectivity index (χ1n) is 11.0. The number of carbonyl (C=O) groups is 1. The average molecular weight is 442 g/mol. The Balaban J connectivity index is 1.41. The van der Waals surface area contributed by atoms with E-state index in [1.807, 2.05) is 0 Å². The maximum absolute atomic E-state index is 12.7. The van der Waals surface area contributed by atoms with Gasteiger partial charge in [-0.25, -0.2) is 0 Å². The molecule has 1 fully saturated rings. The number of hydrogen-bond donors (Lipinski definition) is 1. The number of anilines is 2. The van der Waals surface area contributed by atoms with Gasteiger partial charge in [-0.15, -0.1) is 0 Å². The van der Waals surface area contributed by atoms with Crippen LogP contribution in [-0.4, -0.2) is 67.4 Å². The maximum atomic E-state index is 12.7. The lowest BCUT2D eigenvalue weighted by atomic mass is 10.1. The predicted molar refractivity (Wildman–Crippen MR) is 120 cm³/mol. The van der Waals surface area contributed by atoms with Crippen molar-refractivity contribution in [1.82, 2.24) is 14.9 Å². The Hall–Kier alpha value is -2.75. The van der Waals surface area contributed by atoms with E-state index >= 15 is 0 Å². The second-order valence-corrected chi connectivity index (χ2v) is 8.22. The number of hydrogen-bond acceptors (Lipinski definition) is 8. The van der Waals surface area contributed by atoms with Crippen LogP contribution in [0.5, 0.6) is 6.01 Å². The number of nitrogens with zero attached hydrogens (tertiary/aromatic N) is 4. The zero-order chi connectivity index (χ0) is 22.5. The lowest BCUT2D eigenvalue weighted by molar-refractivity contribution is -0.117. The molecule has 2 aromatic rings. The van der Waals surface area contributed by atoms with Gasteiger partial charge in [-0.3, -0.25) is 14.6 Å². The molecule has 0 unspecified atom stereocenters. The minimum atomic E-state index is -0.0415. The summed E-state index contributed by atoms with van der Waals surface area (Å²) in [4.78, 5) is 25.4. The molecule has 1 amide bonds. The average Bonchev–Trinajstić information content (AvgIpc) is 3.11. The topological polar surface area (TPSA) is 103 Å². The predicted octanol–water partition coefficient (Wildman–Crippen LogP) is 1.78. The number of nitrogen functional groups attached to an aromatic ring is 1. The van der Waals surface area contributed by atoms with Gasteiger partial charge in [0, 0.05) is 39.4 Å². The van der Waals surface area contributed by atoms with Gasteiger partial charge in [0.2, 0.25) is 5.91 Å². The minimum absolute atomic E-state index is 0.0415. The highest BCUT2D eigenvalue weighted by atomic mass is 16.5. The Morgan fingerprint density at radius 2 is 1.72 bits per heavy atom. The molecule has 0 aliphatic carbocycles. The summed E-state index contributed by atoms with van der Waals surface area (Å²) in [6.07, 6.45) is 2.74. The lowest BCUT2D eigenvalue weighted by Crippen LogP contribution is -2.36. The molecule has 2 aliphatic rings. The second-order valence-electron chi connectivity index (χ2n) is 8.22. The van der Waals surface area contributed by atoms with Gasteiger partial charge in [0.05, 0.1) is 25.7 Å². The molecule has 3 heterocycles. The number of rotatable bonds is 9. The molecule has 172 valence electrons. The molecular weight excluding hydrogens is 410 g/mol. The van der Waals surface area contributed by atoms with Crippen LogP contribution in [0.15, 0.2) is 24.3 Å². The molecule has 32 heavy (non-hydrogen) atoms. The first-order chi connectivity index (χ1) is 15.6. The molecule has 0 bridgehead atoms. The first kappa shape index (κ1) is 22.4. The summed E-state index contributed by atoms with van der Waals surface area (Å²) in [6, 6.07) is 8.57. The number of methoxy groups -OCH3 is 2. The van der Waals surface area contributed by atoms with Crippen LogP contribution in [0.1, 0.15) is 29.5 Å². The number of ether oxygens (including phenoxy) is 3. The maximum Gasteiger partial charge on any atom is 0.320 e. The number of amides is 1. The van der Waals surface area contributed by atoms with Crippen LogP contribution < -0.4 is 15.4 Å². The Labute approximate surface area is 188 Å². The van der Waals surface area contributed by atoms with E-state index in [0.29, 0.717) is 37.2 Å². The molecule has 1 aromatic carbocycles. The molecule has 9 nitrogen and oxygen atoms in total. The largest absolute Gasteiger partial charge is 0.461 e. The number of benzene rings is 1. The number of nitrogens with two attached hydrogens (primary N) is 1. The highest BCUT2D eigenvalue weighted by Crippen LogP contribution is 2.33. The summed E-state index contributed by atoms with van der Waals surface area (Å²) in [7, 11) is 3.38. The van der Waals surface area contributed by atoms with Crippen molar-refractivity contribution in [3.63, 3.8) is 0 Å². The number of aromatic nitrogens is 2. The van der Waals surface area contributed by atoms with Gasteiger partial charge >= 0.3 is 6.01 Å². The Kier molecular flexibility index (Phi) is 7.19. The van der Waals surface area contributed by atoms with Crippen LogP contribution in [0.3, 0.4) is 0 Å². The Bertz CT molecular complexity index is 929. The van der Waals surface area contributed by atoms with Gasteiger partial charge in [-0.1, -0.05) is 24.3 Å². The van der Waals surface area contributed by atoms with Gasteiger partial charge in [-0.2, -0.15) is 9.97 Å². The van der Waals surface area contributed by atoms with Crippen LogP contribution in [0.4, 0.5) is 11.6 Å². The van der Waals surface area contributed by atoms with E-state index < -0.39 is 0 Å². The Morgan fingerprint density at radius 3 is 2.38 bits per heavy atom. The van der Waals surface area contributed by atoms with E-state index in [0.717, 1.165) is 38.0 Å². The fraction of sp³-hybridized carbons (Fsp3) is 0.522. The molecule has 9 heteroatoms. The second kappa shape index (κ2) is 10.2. The van der Waals surface area contributed by atoms with Crippen molar-refractivity contribution in [3.8, 4) is 6.01 Å². The summed E-state index contributed by atoms with van der Waals surface area (Å²) in [5.41, 5.74) is 9.02. The number of piperidine rings is 1. The fourth-order valence-corrected chi connectivity index (χ4v) is 4.16. The van der Waals surface area contributed by atoms with Crippen molar-refractivity contribution in [3.05, 3.63) is 41.0 Å². The third-order valence-electron chi connectivity index (χ3n) is 6.04. The molecule has 1 saturated heterocycles. The molecule has 0 spiro atoms.